The van der Waals surface area contributed by atoms with Crippen molar-refractivity contribution in [3.63, 3.8) is 0 Å². The Morgan fingerprint density at radius 2 is 2.08 bits per heavy atom. The second-order valence-electron chi connectivity index (χ2n) is 5.24. The predicted octanol–water partition coefficient (Wildman–Crippen LogP) is 2.15. The maximum absolute atomic E-state index is 11.8. The number of nitrogens with zero attached hydrogens (tertiary/aromatic N) is 3. The first-order valence-electron chi connectivity index (χ1n) is 7.70. The fourth-order valence-electron chi connectivity index (χ4n) is 2.11. The van der Waals surface area contributed by atoms with Gasteiger partial charge in [0.25, 0.3) is 0 Å². The van der Waals surface area contributed by atoms with Crippen molar-refractivity contribution in [1.29, 1.82) is 0 Å². The Hall–Kier alpha value is -2.35. The van der Waals surface area contributed by atoms with Crippen molar-refractivity contribution in [2.24, 2.45) is 0 Å². The zero-order valence-electron chi connectivity index (χ0n) is 14.0. The zero-order valence-corrected chi connectivity index (χ0v) is 14.8. The summed E-state index contributed by atoms with van der Waals surface area (Å²) in [4.78, 5) is 23.0. The molecule has 128 valence electrons. The second kappa shape index (κ2) is 8.49. The normalized spacial score (nSPS) is 10.5. The number of hydrogen-bond acceptors (Lipinski definition) is 5. The summed E-state index contributed by atoms with van der Waals surface area (Å²) in [5.74, 6) is 0.839. The fourth-order valence-corrected chi connectivity index (χ4v) is 2.93. The Balaban J connectivity index is 2.17. The number of aromatic nitrogens is 3. The van der Waals surface area contributed by atoms with E-state index in [9.17, 15) is 9.59 Å². The van der Waals surface area contributed by atoms with Crippen LogP contribution in [0, 0.1) is 6.92 Å². The first kappa shape index (κ1) is 18.0. The number of benzene rings is 1. The Morgan fingerprint density at radius 1 is 1.29 bits per heavy atom. The van der Waals surface area contributed by atoms with Gasteiger partial charge in [-0.25, -0.2) is 0 Å². The monoisotopic (exact) mass is 347 g/mol. The van der Waals surface area contributed by atoms with Crippen LogP contribution in [-0.4, -0.2) is 38.9 Å². The summed E-state index contributed by atoms with van der Waals surface area (Å²) in [6, 6.07) is 7.42. The lowest BCUT2D eigenvalue weighted by molar-refractivity contribution is -0.118. The molecule has 0 radical (unpaired) electrons. The molecular formula is C16H21N5O2S. The van der Waals surface area contributed by atoms with Crippen molar-refractivity contribution >= 4 is 29.3 Å². The lowest BCUT2D eigenvalue weighted by Gasteiger charge is -2.10. The average molecular weight is 347 g/mol. The van der Waals surface area contributed by atoms with Crippen LogP contribution in [0.2, 0.25) is 0 Å². The Bertz CT molecular complexity index is 729. The molecule has 0 unspecified atom stereocenters. The topological polar surface area (TPSA) is 88.9 Å². The van der Waals surface area contributed by atoms with Crippen LogP contribution >= 0.6 is 11.8 Å². The van der Waals surface area contributed by atoms with Gasteiger partial charge < -0.3 is 10.6 Å². The van der Waals surface area contributed by atoms with Crippen molar-refractivity contribution in [2.75, 3.05) is 17.6 Å². The number of aryl methyl sites for hydroxylation is 1. The van der Waals surface area contributed by atoms with Crippen molar-refractivity contribution in [2.45, 2.75) is 32.3 Å². The van der Waals surface area contributed by atoms with Gasteiger partial charge in [-0.1, -0.05) is 24.8 Å². The number of anilines is 1. The van der Waals surface area contributed by atoms with Gasteiger partial charge in [0.05, 0.1) is 11.4 Å². The molecule has 0 fully saturated rings. The van der Waals surface area contributed by atoms with E-state index in [0.717, 1.165) is 12.1 Å². The van der Waals surface area contributed by atoms with Crippen LogP contribution in [0.5, 0.6) is 0 Å². The van der Waals surface area contributed by atoms with Gasteiger partial charge in [0.1, 0.15) is 5.82 Å². The zero-order chi connectivity index (χ0) is 17.5. The Kier molecular flexibility index (Phi) is 6.36. The lowest BCUT2D eigenvalue weighted by Crippen LogP contribution is -2.25. The molecule has 0 aliphatic heterocycles. The van der Waals surface area contributed by atoms with E-state index in [2.05, 4.69) is 20.8 Å². The SMILES string of the molecule is CCCNC(=O)CSc1nnc(C)n1-c1cccc(NC(C)=O)c1. The van der Waals surface area contributed by atoms with Crippen LogP contribution < -0.4 is 10.6 Å². The Morgan fingerprint density at radius 3 is 2.79 bits per heavy atom. The number of hydrogen-bond donors (Lipinski definition) is 2. The van der Waals surface area contributed by atoms with E-state index in [1.807, 2.05) is 42.7 Å². The summed E-state index contributed by atoms with van der Waals surface area (Å²) >= 11 is 1.33. The molecule has 2 rings (SSSR count). The van der Waals surface area contributed by atoms with Gasteiger partial charge in [0.2, 0.25) is 11.8 Å². The molecule has 0 aliphatic carbocycles. The molecule has 2 N–H and O–H groups in total. The van der Waals surface area contributed by atoms with Gasteiger partial charge in [0.15, 0.2) is 5.16 Å². The number of amides is 2. The quantitative estimate of drug-likeness (QED) is 0.749. The standard InChI is InChI=1S/C16H21N5O2S/c1-4-8-17-15(23)10-24-16-20-19-11(2)21(16)14-7-5-6-13(9-14)18-12(3)22/h5-7,9H,4,8,10H2,1-3H3,(H,17,23)(H,18,22). The summed E-state index contributed by atoms with van der Waals surface area (Å²) in [6.45, 7) is 5.99. The van der Waals surface area contributed by atoms with Gasteiger partial charge >= 0.3 is 0 Å². The third-order valence-electron chi connectivity index (χ3n) is 3.12. The van der Waals surface area contributed by atoms with E-state index >= 15 is 0 Å². The number of thioether (sulfide) groups is 1. The van der Waals surface area contributed by atoms with Crippen LogP contribution in [0.25, 0.3) is 5.69 Å². The Labute approximate surface area is 145 Å². The first-order valence-corrected chi connectivity index (χ1v) is 8.69. The summed E-state index contributed by atoms with van der Waals surface area (Å²) in [6.07, 6.45) is 0.904. The third kappa shape index (κ3) is 4.82. The maximum Gasteiger partial charge on any atom is 0.230 e. The highest BCUT2D eigenvalue weighted by Crippen LogP contribution is 2.23. The molecule has 2 amide bonds. The molecule has 1 aromatic carbocycles. The molecule has 24 heavy (non-hydrogen) atoms. The van der Waals surface area contributed by atoms with E-state index < -0.39 is 0 Å². The smallest absolute Gasteiger partial charge is 0.230 e. The van der Waals surface area contributed by atoms with Gasteiger partial charge in [-0.3, -0.25) is 14.2 Å². The van der Waals surface area contributed by atoms with E-state index in [0.29, 0.717) is 23.2 Å². The summed E-state index contributed by atoms with van der Waals surface area (Å²) < 4.78 is 1.86. The summed E-state index contributed by atoms with van der Waals surface area (Å²) in [5.41, 5.74) is 1.53. The van der Waals surface area contributed by atoms with Gasteiger partial charge in [0, 0.05) is 19.2 Å². The minimum Gasteiger partial charge on any atom is -0.355 e. The van der Waals surface area contributed by atoms with Crippen LogP contribution in [0.3, 0.4) is 0 Å². The molecule has 0 saturated heterocycles. The number of carbonyl (C=O) groups is 2. The molecular weight excluding hydrogens is 326 g/mol. The molecule has 8 heteroatoms. The van der Waals surface area contributed by atoms with Crippen LogP contribution in [0.4, 0.5) is 5.69 Å². The molecule has 0 spiro atoms. The van der Waals surface area contributed by atoms with E-state index in [1.165, 1.54) is 18.7 Å². The van der Waals surface area contributed by atoms with E-state index in [-0.39, 0.29) is 17.6 Å². The molecule has 0 bridgehead atoms. The number of carbonyl (C=O) groups excluding carboxylic acids is 2. The van der Waals surface area contributed by atoms with E-state index in [4.69, 9.17) is 0 Å². The number of nitrogens with one attached hydrogen (secondary N) is 2. The van der Waals surface area contributed by atoms with Crippen molar-refractivity contribution in [1.82, 2.24) is 20.1 Å². The second-order valence-corrected chi connectivity index (χ2v) is 6.18. The lowest BCUT2D eigenvalue weighted by atomic mass is 10.2. The van der Waals surface area contributed by atoms with Gasteiger partial charge in [-0.15, -0.1) is 10.2 Å². The molecule has 1 heterocycles. The summed E-state index contributed by atoms with van der Waals surface area (Å²) in [5, 5.41) is 14.5. The molecule has 7 nitrogen and oxygen atoms in total. The van der Waals surface area contributed by atoms with Crippen LogP contribution in [0.1, 0.15) is 26.1 Å². The highest BCUT2D eigenvalue weighted by Gasteiger charge is 2.13. The molecule has 1 aromatic heterocycles. The molecule has 0 atom stereocenters. The average Bonchev–Trinajstić information content (AvgIpc) is 2.91. The molecule has 2 aromatic rings. The van der Waals surface area contributed by atoms with Crippen LogP contribution in [0.15, 0.2) is 29.4 Å². The minimum absolute atomic E-state index is 0.0268. The third-order valence-corrected chi connectivity index (χ3v) is 4.05. The highest BCUT2D eigenvalue weighted by atomic mass is 32.2. The maximum atomic E-state index is 11.8. The minimum atomic E-state index is -0.130. The molecule has 0 saturated carbocycles. The largest absolute Gasteiger partial charge is 0.355 e. The van der Waals surface area contributed by atoms with Crippen molar-refractivity contribution < 1.29 is 9.59 Å². The van der Waals surface area contributed by atoms with Crippen molar-refractivity contribution in [3.8, 4) is 5.69 Å². The predicted molar refractivity (Wildman–Crippen MR) is 94.4 cm³/mol. The molecule has 0 aliphatic rings. The number of rotatable bonds is 7. The van der Waals surface area contributed by atoms with Crippen molar-refractivity contribution in [3.05, 3.63) is 30.1 Å². The first-order chi connectivity index (χ1) is 11.5. The van der Waals surface area contributed by atoms with E-state index in [1.54, 1.807) is 0 Å². The highest BCUT2D eigenvalue weighted by molar-refractivity contribution is 7.99. The summed E-state index contributed by atoms with van der Waals surface area (Å²) in [7, 11) is 0. The van der Waals surface area contributed by atoms with Gasteiger partial charge in [-0.2, -0.15) is 0 Å². The fraction of sp³-hybridized carbons (Fsp3) is 0.375. The van der Waals surface area contributed by atoms with Gasteiger partial charge in [-0.05, 0) is 31.5 Å². The van der Waals surface area contributed by atoms with Crippen LogP contribution in [-0.2, 0) is 9.59 Å².